The average molecular weight is 336 g/mol. The molecule has 6 nitrogen and oxygen atoms in total. The van der Waals surface area contributed by atoms with Crippen LogP contribution in [0.2, 0.25) is 0 Å². The number of hydrogen-bond donors (Lipinski definition) is 2. The zero-order valence-electron chi connectivity index (χ0n) is 11.3. The van der Waals surface area contributed by atoms with Crippen LogP contribution < -0.4 is 10.6 Å². The van der Waals surface area contributed by atoms with Crippen molar-refractivity contribution in [2.24, 2.45) is 0 Å². The fraction of sp³-hybridized carbons (Fsp3) is 0.286. The van der Waals surface area contributed by atoms with Gasteiger partial charge in [0.25, 0.3) is 10.5 Å². The molecule has 0 spiro atoms. The maximum absolute atomic E-state index is 11.5. The highest BCUT2D eigenvalue weighted by Crippen LogP contribution is 2.25. The summed E-state index contributed by atoms with van der Waals surface area (Å²) in [6.45, 7) is 0. The molecule has 0 aliphatic carbocycles. The van der Waals surface area contributed by atoms with Crippen LogP contribution in [0.4, 0.5) is 9.59 Å². The van der Waals surface area contributed by atoms with Gasteiger partial charge in [-0.1, -0.05) is 47.8 Å². The Morgan fingerprint density at radius 2 is 1.09 bits per heavy atom. The van der Waals surface area contributed by atoms with Gasteiger partial charge in [-0.2, -0.15) is 0 Å². The number of rotatable bonds is 4. The number of imide groups is 2. The van der Waals surface area contributed by atoms with E-state index in [-0.39, 0.29) is 32.8 Å². The molecule has 1 aromatic rings. The number of carbonyl (C=O) groups is 4. The van der Waals surface area contributed by atoms with Crippen molar-refractivity contribution in [1.29, 1.82) is 0 Å². The van der Waals surface area contributed by atoms with Crippen molar-refractivity contribution >= 4 is 45.8 Å². The van der Waals surface area contributed by atoms with E-state index < -0.39 is 0 Å². The van der Waals surface area contributed by atoms with E-state index in [2.05, 4.69) is 10.6 Å². The smallest absolute Gasteiger partial charge is 0.286 e. The fourth-order valence-electron chi connectivity index (χ4n) is 2.29. The summed E-state index contributed by atoms with van der Waals surface area (Å²) < 4.78 is 0. The first-order valence-electron chi connectivity index (χ1n) is 6.62. The second-order valence-corrected chi connectivity index (χ2v) is 7.34. The van der Waals surface area contributed by atoms with Crippen LogP contribution in [-0.2, 0) is 22.4 Å². The van der Waals surface area contributed by atoms with E-state index in [4.69, 9.17) is 0 Å². The molecule has 114 valence electrons. The monoisotopic (exact) mass is 336 g/mol. The minimum atomic E-state index is -0.382. The molecule has 2 aliphatic heterocycles. The van der Waals surface area contributed by atoms with Gasteiger partial charge in [0.05, 0.1) is 10.5 Å². The van der Waals surface area contributed by atoms with E-state index in [0.29, 0.717) is 12.8 Å². The molecule has 0 saturated carbocycles. The highest BCUT2D eigenvalue weighted by atomic mass is 32.2. The van der Waals surface area contributed by atoms with Crippen LogP contribution in [0.5, 0.6) is 0 Å². The second-order valence-electron chi connectivity index (χ2n) is 4.99. The normalized spacial score (nSPS) is 24.5. The van der Waals surface area contributed by atoms with Crippen molar-refractivity contribution in [2.75, 3.05) is 0 Å². The molecular formula is C14H12N2O4S2. The molecule has 2 unspecified atom stereocenters. The third-order valence-corrected chi connectivity index (χ3v) is 5.36. The third-order valence-electron chi connectivity index (χ3n) is 3.40. The molecule has 3 rings (SSSR count). The van der Waals surface area contributed by atoms with Gasteiger partial charge in [-0.25, -0.2) is 0 Å². The van der Waals surface area contributed by atoms with E-state index in [1.807, 2.05) is 24.3 Å². The summed E-state index contributed by atoms with van der Waals surface area (Å²) in [5.41, 5.74) is 1.90. The topological polar surface area (TPSA) is 92.3 Å². The van der Waals surface area contributed by atoms with E-state index in [0.717, 1.165) is 34.7 Å². The quantitative estimate of drug-likeness (QED) is 0.865. The molecule has 2 heterocycles. The second kappa shape index (κ2) is 6.13. The molecule has 1 aromatic carbocycles. The van der Waals surface area contributed by atoms with E-state index >= 15 is 0 Å². The van der Waals surface area contributed by atoms with Gasteiger partial charge in [0.2, 0.25) is 11.8 Å². The maximum Gasteiger partial charge on any atom is 0.286 e. The first kappa shape index (κ1) is 15.1. The zero-order valence-corrected chi connectivity index (χ0v) is 13.0. The Balaban J connectivity index is 1.61. The SMILES string of the molecule is O=C1NC(=O)C(Cc2ccc(CC3SC(=O)NC3=O)cc2)S1. The van der Waals surface area contributed by atoms with Gasteiger partial charge in [0.1, 0.15) is 0 Å². The molecule has 2 N–H and O–H groups in total. The lowest BCUT2D eigenvalue weighted by molar-refractivity contribution is -0.119. The Labute approximate surface area is 134 Å². The Morgan fingerprint density at radius 3 is 1.36 bits per heavy atom. The lowest BCUT2D eigenvalue weighted by Crippen LogP contribution is -2.25. The molecule has 2 aliphatic rings. The van der Waals surface area contributed by atoms with Crippen LogP contribution >= 0.6 is 23.5 Å². The van der Waals surface area contributed by atoms with Crippen LogP contribution in [0.25, 0.3) is 0 Å². The highest BCUT2D eigenvalue weighted by molar-refractivity contribution is 8.15. The van der Waals surface area contributed by atoms with E-state index in [1.165, 1.54) is 0 Å². The molecule has 0 bridgehead atoms. The number of hydrogen-bond acceptors (Lipinski definition) is 6. The first-order chi connectivity index (χ1) is 10.5. The molecular weight excluding hydrogens is 324 g/mol. The summed E-state index contributed by atoms with van der Waals surface area (Å²) >= 11 is 2.01. The van der Waals surface area contributed by atoms with Crippen LogP contribution in [0.3, 0.4) is 0 Å². The Morgan fingerprint density at radius 1 is 0.727 bits per heavy atom. The zero-order chi connectivity index (χ0) is 15.7. The molecule has 2 saturated heterocycles. The largest absolute Gasteiger partial charge is 0.286 e. The van der Waals surface area contributed by atoms with Gasteiger partial charge in [-0.15, -0.1) is 0 Å². The summed E-state index contributed by atoms with van der Waals surface area (Å²) in [6, 6.07) is 7.52. The Hall–Kier alpha value is -1.80. The predicted octanol–water partition coefficient (Wildman–Crippen LogP) is 1.47. The summed E-state index contributed by atoms with van der Waals surface area (Å²) in [5.74, 6) is -0.506. The fourth-order valence-corrected chi connectivity index (χ4v) is 4.01. The lowest BCUT2D eigenvalue weighted by atomic mass is 10.0. The number of carbonyl (C=O) groups excluding carboxylic acids is 4. The van der Waals surface area contributed by atoms with Gasteiger partial charge in [0, 0.05) is 0 Å². The number of amides is 4. The van der Waals surface area contributed by atoms with Crippen molar-refractivity contribution in [1.82, 2.24) is 10.6 Å². The summed E-state index contributed by atoms with van der Waals surface area (Å²) in [6.07, 6.45) is 0.972. The summed E-state index contributed by atoms with van der Waals surface area (Å²) in [5, 5.41) is 3.15. The summed E-state index contributed by atoms with van der Waals surface area (Å²) in [7, 11) is 0. The number of nitrogens with one attached hydrogen (secondary N) is 2. The lowest BCUT2D eigenvalue weighted by Gasteiger charge is -2.08. The van der Waals surface area contributed by atoms with Crippen molar-refractivity contribution in [3.8, 4) is 0 Å². The van der Waals surface area contributed by atoms with Crippen LogP contribution in [0.15, 0.2) is 24.3 Å². The van der Waals surface area contributed by atoms with Gasteiger partial charge in [-0.3, -0.25) is 29.8 Å². The molecule has 4 amide bonds. The predicted molar refractivity (Wildman–Crippen MR) is 83.7 cm³/mol. The van der Waals surface area contributed by atoms with Gasteiger partial charge in [-0.05, 0) is 24.0 Å². The van der Waals surface area contributed by atoms with Crippen molar-refractivity contribution in [3.05, 3.63) is 35.4 Å². The van der Waals surface area contributed by atoms with Gasteiger partial charge >= 0.3 is 0 Å². The minimum Gasteiger partial charge on any atom is -0.286 e. The molecule has 0 radical (unpaired) electrons. The van der Waals surface area contributed by atoms with Crippen molar-refractivity contribution < 1.29 is 19.2 Å². The Kier molecular flexibility index (Phi) is 4.21. The van der Waals surface area contributed by atoms with E-state index in [9.17, 15) is 19.2 Å². The minimum absolute atomic E-state index is 0.253. The Bertz CT molecular complexity index is 602. The van der Waals surface area contributed by atoms with Crippen LogP contribution in [0.1, 0.15) is 11.1 Å². The molecule has 0 aromatic heterocycles. The van der Waals surface area contributed by atoms with Crippen LogP contribution in [-0.4, -0.2) is 32.8 Å². The number of benzene rings is 1. The standard InChI is InChI=1S/C14H12N2O4S2/c17-11-9(21-13(19)15-11)5-7-1-2-8(4-3-7)6-10-12(18)16-14(20)22-10/h1-4,9-10H,5-6H2,(H,15,17,19)(H,16,18,20). The van der Waals surface area contributed by atoms with Crippen LogP contribution in [0, 0.1) is 0 Å². The maximum atomic E-state index is 11.5. The first-order valence-corrected chi connectivity index (χ1v) is 8.38. The summed E-state index contributed by atoms with van der Waals surface area (Å²) in [4.78, 5) is 45.3. The van der Waals surface area contributed by atoms with Gasteiger partial charge in [0.15, 0.2) is 0 Å². The molecule has 22 heavy (non-hydrogen) atoms. The van der Waals surface area contributed by atoms with Crippen molar-refractivity contribution in [3.63, 3.8) is 0 Å². The highest BCUT2D eigenvalue weighted by Gasteiger charge is 2.32. The van der Waals surface area contributed by atoms with Crippen molar-refractivity contribution in [2.45, 2.75) is 23.3 Å². The van der Waals surface area contributed by atoms with E-state index in [1.54, 1.807) is 0 Å². The third kappa shape index (κ3) is 3.33. The molecule has 2 fully saturated rings. The van der Waals surface area contributed by atoms with Gasteiger partial charge < -0.3 is 0 Å². The molecule has 2 atom stereocenters. The average Bonchev–Trinajstić information content (AvgIpc) is 2.94. The number of thioether (sulfide) groups is 2. The molecule has 8 heteroatoms.